The summed E-state index contributed by atoms with van der Waals surface area (Å²) < 4.78 is 18.8. The van der Waals surface area contributed by atoms with E-state index in [0.717, 1.165) is 30.8 Å². The molecule has 2 fully saturated rings. The highest BCUT2D eigenvalue weighted by atomic mass is 16.7. The van der Waals surface area contributed by atoms with E-state index in [-0.39, 0.29) is 11.6 Å². The Morgan fingerprint density at radius 2 is 1.71 bits per heavy atom. The highest BCUT2D eigenvalue weighted by molar-refractivity contribution is 5.85. The molecule has 12 nitrogen and oxygen atoms in total. The Labute approximate surface area is 219 Å². The Morgan fingerprint density at radius 1 is 0.947 bits per heavy atom. The van der Waals surface area contributed by atoms with Crippen molar-refractivity contribution in [2.45, 2.75) is 50.1 Å². The maximum Gasteiger partial charge on any atom is 0.245 e. The molecule has 2 aliphatic rings. The normalized spacial score (nSPS) is 26.6. The largest absolute Gasteiger partial charge is 0.508 e. The lowest BCUT2D eigenvalue weighted by Crippen LogP contribution is -2.60. The number of aryl methyl sites for hydroxylation is 2. The standard InChI is InChI=1S/C26H34N4O8/c31-15-19-21(33)22(34)23(35)26(37-19)38-25-20-17(4-1-16-2-5-18(32)6-3-16)7-8-27-24(20)30(28-25)10-9-29-11-13-36-14-12-29/h2-3,5-8,19,21-23,26,31-35H,1,4,9-15H2/t19-,21-,22+,23-,26+/m1/s1. The second-order valence-corrected chi connectivity index (χ2v) is 9.63. The molecule has 5 N–H and O–H groups in total. The molecule has 1 aromatic carbocycles. The molecule has 0 radical (unpaired) electrons. The number of aromatic hydroxyl groups is 1. The van der Waals surface area contributed by atoms with Crippen LogP contribution in [0.15, 0.2) is 36.5 Å². The van der Waals surface area contributed by atoms with Gasteiger partial charge >= 0.3 is 0 Å². The molecule has 0 amide bonds. The molecule has 5 atom stereocenters. The molecular weight excluding hydrogens is 496 g/mol. The number of hydrogen-bond acceptors (Lipinski definition) is 11. The molecule has 0 bridgehead atoms. The highest BCUT2D eigenvalue weighted by Crippen LogP contribution is 2.32. The summed E-state index contributed by atoms with van der Waals surface area (Å²) in [6, 6.07) is 8.91. The van der Waals surface area contributed by atoms with E-state index in [1.807, 2.05) is 18.2 Å². The summed E-state index contributed by atoms with van der Waals surface area (Å²) in [5.74, 6) is 0.386. The minimum Gasteiger partial charge on any atom is -0.508 e. The summed E-state index contributed by atoms with van der Waals surface area (Å²) in [7, 11) is 0. The van der Waals surface area contributed by atoms with Gasteiger partial charge in [0.25, 0.3) is 0 Å². The summed E-state index contributed by atoms with van der Waals surface area (Å²) in [5.41, 5.74) is 2.57. The van der Waals surface area contributed by atoms with Gasteiger partial charge in [-0.15, -0.1) is 5.10 Å². The van der Waals surface area contributed by atoms with Gasteiger partial charge < -0.3 is 39.7 Å². The van der Waals surface area contributed by atoms with E-state index in [4.69, 9.17) is 14.2 Å². The van der Waals surface area contributed by atoms with Crippen LogP contribution in [-0.4, -0.2) is 115 Å². The van der Waals surface area contributed by atoms with E-state index in [9.17, 15) is 25.5 Å². The number of hydrogen-bond donors (Lipinski definition) is 5. The fourth-order valence-corrected chi connectivity index (χ4v) is 4.85. The fraction of sp³-hybridized carbons (Fsp3) is 0.538. The van der Waals surface area contributed by atoms with Gasteiger partial charge in [0.15, 0.2) is 5.65 Å². The molecule has 0 spiro atoms. The predicted molar refractivity (Wildman–Crippen MR) is 135 cm³/mol. The smallest absolute Gasteiger partial charge is 0.245 e. The van der Waals surface area contributed by atoms with E-state index in [1.165, 1.54) is 0 Å². The summed E-state index contributed by atoms with van der Waals surface area (Å²) in [4.78, 5) is 6.86. The van der Waals surface area contributed by atoms with Crippen molar-refractivity contribution in [2.75, 3.05) is 39.5 Å². The van der Waals surface area contributed by atoms with Gasteiger partial charge in [0.2, 0.25) is 12.2 Å². The average molecular weight is 531 g/mol. The van der Waals surface area contributed by atoms with Crippen LogP contribution in [0.5, 0.6) is 11.6 Å². The van der Waals surface area contributed by atoms with Crippen molar-refractivity contribution in [3.63, 3.8) is 0 Å². The second kappa shape index (κ2) is 11.9. The molecule has 3 aromatic rings. The van der Waals surface area contributed by atoms with Crippen molar-refractivity contribution in [1.29, 1.82) is 0 Å². The first-order chi connectivity index (χ1) is 18.4. The monoisotopic (exact) mass is 530 g/mol. The molecule has 5 rings (SSSR count). The topological polar surface area (TPSA) is 163 Å². The zero-order valence-corrected chi connectivity index (χ0v) is 21.0. The number of fused-ring (bicyclic) bond motifs is 1. The Bertz CT molecular complexity index is 1200. The van der Waals surface area contributed by atoms with Crippen LogP contribution in [0.25, 0.3) is 11.0 Å². The Kier molecular flexibility index (Phi) is 8.39. The predicted octanol–water partition coefficient (Wildman–Crippen LogP) is -0.567. The fourth-order valence-electron chi connectivity index (χ4n) is 4.85. The maximum atomic E-state index is 10.5. The van der Waals surface area contributed by atoms with Crippen molar-refractivity contribution in [1.82, 2.24) is 19.7 Å². The average Bonchev–Trinajstić information content (AvgIpc) is 3.30. The van der Waals surface area contributed by atoms with Crippen LogP contribution in [0.3, 0.4) is 0 Å². The minimum absolute atomic E-state index is 0.181. The second-order valence-electron chi connectivity index (χ2n) is 9.63. The number of aromatic nitrogens is 3. The molecule has 12 heteroatoms. The molecule has 4 heterocycles. The third kappa shape index (κ3) is 5.76. The lowest BCUT2D eigenvalue weighted by atomic mass is 9.99. The number of pyridine rings is 1. The summed E-state index contributed by atoms with van der Waals surface area (Å²) in [6.45, 7) is 3.76. The van der Waals surface area contributed by atoms with E-state index in [2.05, 4.69) is 15.0 Å². The number of phenols is 1. The molecule has 2 aromatic heterocycles. The van der Waals surface area contributed by atoms with Crippen molar-refractivity contribution >= 4 is 11.0 Å². The number of benzene rings is 1. The SMILES string of the molecule is OC[C@H]1O[C@@H](Oc2nn(CCN3CCOCC3)c3nccc(CCc4ccc(O)cc4)c23)[C@H](O)[C@@H](O)[C@@H]1O. The maximum absolute atomic E-state index is 10.5. The van der Waals surface area contributed by atoms with Crippen molar-refractivity contribution in [2.24, 2.45) is 0 Å². The van der Waals surface area contributed by atoms with Gasteiger partial charge in [-0.05, 0) is 42.2 Å². The Hall–Kier alpha value is -2.84. The van der Waals surface area contributed by atoms with Crippen LogP contribution >= 0.6 is 0 Å². The molecule has 0 saturated carbocycles. The molecule has 206 valence electrons. The van der Waals surface area contributed by atoms with Crippen molar-refractivity contribution in [3.05, 3.63) is 47.7 Å². The quantitative estimate of drug-likeness (QED) is 0.241. The van der Waals surface area contributed by atoms with Gasteiger partial charge in [-0.1, -0.05) is 12.1 Å². The van der Waals surface area contributed by atoms with E-state index in [1.54, 1.807) is 23.0 Å². The van der Waals surface area contributed by atoms with Crippen LogP contribution < -0.4 is 4.74 Å². The Balaban J connectivity index is 1.44. The number of rotatable bonds is 9. The first kappa shape index (κ1) is 26.8. The number of aliphatic hydroxyl groups excluding tert-OH is 4. The van der Waals surface area contributed by atoms with E-state index in [0.29, 0.717) is 43.6 Å². The van der Waals surface area contributed by atoms with E-state index < -0.39 is 37.3 Å². The third-order valence-electron chi connectivity index (χ3n) is 7.11. The molecule has 2 saturated heterocycles. The lowest BCUT2D eigenvalue weighted by Gasteiger charge is -2.39. The molecular formula is C26H34N4O8. The third-order valence-corrected chi connectivity index (χ3v) is 7.11. The summed E-state index contributed by atoms with van der Waals surface area (Å²) in [6.07, 6.45) is -4.02. The van der Waals surface area contributed by atoms with Gasteiger partial charge in [-0.25, -0.2) is 9.67 Å². The number of nitrogens with zero attached hydrogens (tertiary/aromatic N) is 4. The Morgan fingerprint density at radius 3 is 2.45 bits per heavy atom. The van der Waals surface area contributed by atoms with Crippen LogP contribution in [0.2, 0.25) is 0 Å². The van der Waals surface area contributed by atoms with Crippen LogP contribution in [-0.2, 0) is 28.9 Å². The number of phenolic OH excluding ortho intramolecular Hbond substituents is 1. The van der Waals surface area contributed by atoms with Gasteiger partial charge in [-0.3, -0.25) is 4.90 Å². The van der Waals surface area contributed by atoms with Gasteiger partial charge in [-0.2, -0.15) is 0 Å². The molecule has 2 aliphatic heterocycles. The summed E-state index contributed by atoms with van der Waals surface area (Å²) in [5, 5.41) is 55.4. The van der Waals surface area contributed by atoms with Crippen LogP contribution in [0, 0.1) is 0 Å². The first-order valence-corrected chi connectivity index (χ1v) is 12.8. The molecule has 0 aliphatic carbocycles. The van der Waals surface area contributed by atoms with Gasteiger partial charge in [0.1, 0.15) is 30.2 Å². The number of aliphatic hydroxyl groups is 4. The first-order valence-electron chi connectivity index (χ1n) is 12.8. The highest BCUT2D eigenvalue weighted by Gasteiger charge is 2.45. The van der Waals surface area contributed by atoms with Crippen LogP contribution in [0.4, 0.5) is 0 Å². The lowest BCUT2D eigenvalue weighted by molar-refractivity contribution is -0.278. The van der Waals surface area contributed by atoms with Crippen molar-refractivity contribution in [3.8, 4) is 11.6 Å². The summed E-state index contributed by atoms with van der Waals surface area (Å²) >= 11 is 0. The minimum atomic E-state index is -1.56. The zero-order valence-electron chi connectivity index (χ0n) is 21.0. The molecule has 0 unspecified atom stereocenters. The zero-order chi connectivity index (χ0) is 26.6. The van der Waals surface area contributed by atoms with Crippen LogP contribution in [0.1, 0.15) is 11.1 Å². The molecule has 38 heavy (non-hydrogen) atoms. The number of morpholine rings is 1. The van der Waals surface area contributed by atoms with Crippen molar-refractivity contribution < 1.29 is 39.7 Å². The van der Waals surface area contributed by atoms with Gasteiger partial charge in [0.05, 0.1) is 31.8 Å². The number of ether oxygens (including phenoxy) is 3. The van der Waals surface area contributed by atoms with Gasteiger partial charge in [0, 0.05) is 25.8 Å². The van der Waals surface area contributed by atoms with E-state index >= 15 is 0 Å².